The monoisotopic (exact) mass is 789 g/mol. The first-order valence-corrected chi connectivity index (χ1v) is 22.9. The van der Waals surface area contributed by atoms with Gasteiger partial charge in [-0.05, 0) is 89.9 Å². The van der Waals surface area contributed by atoms with Gasteiger partial charge in [0.05, 0.1) is 13.2 Å². The summed E-state index contributed by atoms with van der Waals surface area (Å²) in [6.07, 6.45) is 47.4. The lowest BCUT2D eigenvalue weighted by molar-refractivity contribution is -0.150. The van der Waals surface area contributed by atoms with E-state index in [1.54, 1.807) is 0 Å². The van der Waals surface area contributed by atoms with Crippen molar-refractivity contribution in [3.63, 3.8) is 0 Å². The van der Waals surface area contributed by atoms with Gasteiger partial charge >= 0.3 is 11.9 Å². The van der Waals surface area contributed by atoms with Crippen LogP contribution in [0.5, 0.6) is 0 Å². The summed E-state index contributed by atoms with van der Waals surface area (Å²) >= 11 is 0. The number of carboxylic acids is 1. The summed E-state index contributed by atoms with van der Waals surface area (Å²) in [6, 6.07) is -1.39. The largest absolute Gasteiger partial charge is 0.480 e. The third kappa shape index (κ3) is 38.0. The molecule has 4 N–H and O–H groups in total. The Hall–Kier alpha value is -2.94. The summed E-state index contributed by atoms with van der Waals surface area (Å²) < 4.78 is 6.01. The summed E-state index contributed by atoms with van der Waals surface area (Å²) in [7, 11) is 0. The highest BCUT2D eigenvalue weighted by Crippen LogP contribution is 2.18. The molecule has 9 heteroatoms. The minimum Gasteiger partial charge on any atom is -0.480 e. The normalized spacial score (nSPS) is 12.8. The molecule has 2 unspecified atom stereocenters. The fourth-order valence-electron chi connectivity index (χ4n) is 6.57. The zero-order valence-corrected chi connectivity index (χ0v) is 35.9. The number of unbranched alkanes of at least 4 members (excludes halogenated alkanes) is 21. The van der Waals surface area contributed by atoms with Crippen molar-refractivity contribution in [2.45, 2.75) is 225 Å². The summed E-state index contributed by atoms with van der Waals surface area (Å²) in [5, 5.41) is 22.6. The van der Waals surface area contributed by atoms with E-state index in [1.807, 2.05) is 0 Å². The van der Waals surface area contributed by atoms with E-state index in [9.17, 15) is 19.2 Å². The van der Waals surface area contributed by atoms with Crippen molar-refractivity contribution in [3.8, 4) is 0 Å². The van der Waals surface area contributed by atoms with Crippen LogP contribution in [0.2, 0.25) is 0 Å². The quantitative estimate of drug-likeness (QED) is 0.0274. The van der Waals surface area contributed by atoms with Crippen LogP contribution >= 0.6 is 0 Å². The molecule has 0 saturated carbocycles. The molecule has 0 aliphatic heterocycles. The fraction of sp³-hybridized carbons (Fsp3) is 0.787. The topological polar surface area (TPSA) is 142 Å². The first kappa shape index (κ1) is 53.1. The van der Waals surface area contributed by atoms with Crippen LogP contribution in [0.15, 0.2) is 36.5 Å². The highest BCUT2D eigenvalue weighted by Gasteiger charge is 2.19. The average Bonchev–Trinajstić information content (AvgIpc) is 3.18. The maximum absolute atomic E-state index is 12.8. The minimum absolute atomic E-state index is 0.0601. The van der Waals surface area contributed by atoms with Gasteiger partial charge < -0.3 is 25.6 Å². The van der Waals surface area contributed by atoms with Crippen LogP contribution in [0.1, 0.15) is 213 Å². The van der Waals surface area contributed by atoms with E-state index in [4.69, 9.17) is 14.9 Å². The Labute approximate surface area is 342 Å². The third-order valence-corrected chi connectivity index (χ3v) is 10.1. The van der Waals surface area contributed by atoms with Gasteiger partial charge in [0.25, 0.3) is 0 Å². The lowest BCUT2D eigenvalue weighted by atomic mass is 10.0. The number of ether oxygens (including phenoxy) is 1. The van der Waals surface area contributed by atoms with Crippen molar-refractivity contribution in [3.05, 3.63) is 36.5 Å². The molecule has 9 nitrogen and oxygen atoms in total. The number of carbonyl (C=O) groups excluding carboxylic acids is 3. The van der Waals surface area contributed by atoms with Gasteiger partial charge in [0.15, 0.2) is 0 Å². The van der Waals surface area contributed by atoms with Crippen LogP contribution in [0.3, 0.4) is 0 Å². The molecule has 0 aromatic rings. The number of hydrogen-bond donors (Lipinski definition) is 4. The molecular weight excluding hydrogens is 705 g/mol. The molecule has 0 spiro atoms. The molecule has 56 heavy (non-hydrogen) atoms. The van der Waals surface area contributed by atoms with Gasteiger partial charge in [-0.25, -0.2) is 4.79 Å². The third-order valence-electron chi connectivity index (χ3n) is 10.1. The van der Waals surface area contributed by atoms with Gasteiger partial charge in [0, 0.05) is 12.8 Å². The molecule has 0 bridgehead atoms. The zero-order valence-electron chi connectivity index (χ0n) is 35.9. The Morgan fingerprint density at radius 3 is 1.52 bits per heavy atom. The second kappa shape index (κ2) is 41.7. The molecule has 2 amide bonds. The maximum atomic E-state index is 12.8. The summed E-state index contributed by atoms with van der Waals surface area (Å²) in [5.41, 5.74) is 0. The Bertz CT molecular complexity index is 1040. The van der Waals surface area contributed by atoms with E-state index in [-0.39, 0.29) is 30.9 Å². The number of aliphatic hydroxyl groups excluding tert-OH is 1. The summed E-state index contributed by atoms with van der Waals surface area (Å²) in [4.78, 5) is 47.6. The van der Waals surface area contributed by atoms with E-state index in [0.717, 1.165) is 83.5 Å². The number of allylic oxidation sites excluding steroid dienone is 6. The molecule has 0 heterocycles. The fourth-order valence-corrected chi connectivity index (χ4v) is 6.57. The van der Waals surface area contributed by atoms with Crippen molar-refractivity contribution in [1.29, 1.82) is 0 Å². The SMILES string of the molecule is CCCCCCC/C=C\C/C=C\CCCC(CCCCCCCC(=O)NCC(=O)NC(CO)C(=O)O)OC(=O)CCCCCCC/C=C\CCCCCCCC. The molecule has 2 atom stereocenters. The number of rotatable bonds is 41. The van der Waals surface area contributed by atoms with Gasteiger partial charge in [0.1, 0.15) is 12.1 Å². The van der Waals surface area contributed by atoms with Crippen LogP contribution < -0.4 is 10.6 Å². The molecule has 324 valence electrons. The molecule has 0 aliphatic rings. The predicted molar refractivity (Wildman–Crippen MR) is 231 cm³/mol. The van der Waals surface area contributed by atoms with E-state index in [0.29, 0.717) is 12.8 Å². The Balaban J connectivity index is 4.39. The second-order valence-electron chi connectivity index (χ2n) is 15.5. The number of hydrogen-bond acceptors (Lipinski definition) is 6. The summed E-state index contributed by atoms with van der Waals surface area (Å²) in [6.45, 7) is 3.46. The van der Waals surface area contributed by atoms with E-state index in [1.165, 1.54) is 96.3 Å². The number of aliphatic hydroxyl groups is 1. The van der Waals surface area contributed by atoms with Gasteiger partial charge in [-0.1, -0.05) is 147 Å². The van der Waals surface area contributed by atoms with Crippen molar-refractivity contribution in [1.82, 2.24) is 10.6 Å². The molecular formula is C47H84N2O7. The van der Waals surface area contributed by atoms with Gasteiger partial charge in [-0.15, -0.1) is 0 Å². The maximum Gasteiger partial charge on any atom is 0.328 e. The van der Waals surface area contributed by atoms with Crippen LogP contribution in [0.25, 0.3) is 0 Å². The first-order valence-electron chi connectivity index (χ1n) is 22.9. The smallest absolute Gasteiger partial charge is 0.328 e. The average molecular weight is 789 g/mol. The highest BCUT2D eigenvalue weighted by atomic mass is 16.5. The van der Waals surface area contributed by atoms with E-state index >= 15 is 0 Å². The van der Waals surface area contributed by atoms with Crippen LogP contribution in [0.4, 0.5) is 0 Å². The number of aliphatic carboxylic acids is 1. The number of nitrogens with one attached hydrogen (secondary N) is 2. The van der Waals surface area contributed by atoms with Crippen molar-refractivity contribution < 1.29 is 34.1 Å². The minimum atomic E-state index is -1.39. The first-order chi connectivity index (χ1) is 27.3. The van der Waals surface area contributed by atoms with Crippen molar-refractivity contribution in [2.75, 3.05) is 13.2 Å². The van der Waals surface area contributed by atoms with Gasteiger partial charge in [-0.3, -0.25) is 14.4 Å². The molecule has 0 aliphatic carbocycles. The summed E-state index contributed by atoms with van der Waals surface area (Å²) in [5.74, 6) is -2.33. The molecule has 0 fully saturated rings. The Kier molecular flexibility index (Phi) is 39.5. The van der Waals surface area contributed by atoms with Crippen LogP contribution in [-0.2, 0) is 23.9 Å². The van der Waals surface area contributed by atoms with E-state index in [2.05, 4.69) is 60.9 Å². The molecule has 0 saturated heterocycles. The van der Waals surface area contributed by atoms with Crippen LogP contribution in [0, 0.1) is 0 Å². The highest BCUT2D eigenvalue weighted by molar-refractivity contribution is 5.87. The lowest BCUT2D eigenvalue weighted by Crippen LogP contribution is -2.47. The number of amides is 2. The van der Waals surface area contributed by atoms with Gasteiger partial charge in [-0.2, -0.15) is 0 Å². The predicted octanol–water partition coefficient (Wildman–Crippen LogP) is 11.4. The molecule has 0 aromatic carbocycles. The number of carboxylic acid groups (broad SMARTS) is 1. The van der Waals surface area contributed by atoms with Gasteiger partial charge in [0.2, 0.25) is 11.8 Å². The number of carbonyl (C=O) groups is 4. The Morgan fingerprint density at radius 1 is 0.536 bits per heavy atom. The van der Waals surface area contributed by atoms with Crippen molar-refractivity contribution >= 4 is 23.8 Å². The number of esters is 1. The molecule has 0 aromatic heterocycles. The molecule has 0 rings (SSSR count). The molecule has 0 radical (unpaired) electrons. The standard InChI is InChI=1S/C47H84N2O7/c1-3-5-7-9-11-13-15-17-18-20-22-24-26-31-35-39-46(53)56-42(36-32-28-25-23-21-19-16-14-12-10-8-6-4-2)37-33-29-27-30-34-38-44(51)48-40-45(52)49-43(41-50)47(54)55/h16-19,23,25,42-43,50H,3-15,20-22,24,26-41H2,1-2H3,(H,48,51)(H,49,52)(H,54,55)/b18-17-,19-16-,25-23-. The van der Waals surface area contributed by atoms with Crippen LogP contribution in [-0.4, -0.2) is 59.3 Å². The van der Waals surface area contributed by atoms with Crippen molar-refractivity contribution in [2.24, 2.45) is 0 Å². The second-order valence-corrected chi connectivity index (χ2v) is 15.5. The lowest BCUT2D eigenvalue weighted by Gasteiger charge is -2.18. The zero-order chi connectivity index (χ0) is 41.2. The Morgan fingerprint density at radius 2 is 0.982 bits per heavy atom. The van der Waals surface area contributed by atoms with E-state index < -0.39 is 24.5 Å².